The lowest BCUT2D eigenvalue weighted by atomic mass is 10.2. The number of rotatable bonds is 19. The largest absolute Gasteiger partial charge is 0.330 e. The number of hydrogen-bond acceptors (Lipinski definition) is 4. The molecule has 0 aromatic rings. The Morgan fingerprint density at radius 3 is 1.33 bits per heavy atom. The molecule has 0 aliphatic carbocycles. The average molecular weight is 346 g/mol. The summed E-state index contributed by atoms with van der Waals surface area (Å²) in [6.07, 6.45) is 14.0. The molecule has 0 heterocycles. The summed E-state index contributed by atoms with van der Waals surface area (Å²) in [6.45, 7) is 9.24. The van der Waals surface area contributed by atoms with Crippen molar-refractivity contribution in [1.82, 2.24) is 0 Å². The highest BCUT2D eigenvalue weighted by molar-refractivity contribution is 4.53. The standard InChI is InChI=1S/C20H43NO3/c1-4-6-8-13-17-22-20(3,23-18-14-9-7-5-2)24-19-15-11-10-12-16-21/h4-19,21H2,1-3H3. The van der Waals surface area contributed by atoms with E-state index in [1.54, 1.807) is 0 Å². The number of nitrogens with two attached hydrogens (primary N) is 1. The van der Waals surface area contributed by atoms with Gasteiger partial charge in [-0.1, -0.05) is 65.2 Å². The van der Waals surface area contributed by atoms with Gasteiger partial charge in [-0.05, 0) is 32.2 Å². The van der Waals surface area contributed by atoms with Crippen LogP contribution in [0.1, 0.15) is 97.8 Å². The molecule has 0 bridgehead atoms. The first-order chi connectivity index (χ1) is 11.7. The Labute approximate surface area is 150 Å². The molecular weight excluding hydrogens is 302 g/mol. The van der Waals surface area contributed by atoms with E-state index in [4.69, 9.17) is 19.9 Å². The summed E-state index contributed by atoms with van der Waals surface area (Å²) in [4.78, 5) is 0. The number of hydrogen-bond donors (Lipinski definition) is 1. The lowest BCUT2D eigenvalue weighted by Crippen LogP contribution is -2.37. The van der Waals surface area contributed by atoms with Crippen molar-refractivity contribution >= 4 is 0 Å². The molecule has 0 radical (unpaired) electrons. The van der Waals surface area contributed by atoms with E-state index >= 15 is 0 Å². The molecule has 0 aromatic carbocycles. The topological polar surface area (TPSA) is 53.7 Å². The Hall–Kier alpha value is -0.160. The normalized spacial score (nSPS) is 12.0. The number of ether oxygens (including phenoxy) is 3. The van der Waals surface area contributed by atoms with Gasteiger partial charge in [0.05, 0.1) is 19.8 Å². The van der Waals surface area contributed by atoms with Gasteiger partial charge >= 0.3 is 0 Å². The van der Waals surface area contributed by atoms with Crippen molar-refractivity contribution in [3.63, 3.8) is 0 Å². The van der Waals surface area contributed by atoms with Gasteiger partial charge in [-0.3, -0.25) is 0 Å². The third kappa shape index (κ3) is 15.4. The van der Waals surface area contributed by atoms with Gasteiger partial charge in [-0.15, -0.1) is 0 Å². The molecular formula is C20H43NO3. The molecule has 146 valence electrons. The Kier molecular flexibility index (Phi) is 17.5. The summed E-state index contributed by atoms with van der Waals surface area (Å²) in [5.41, 5.74) is 5.52. The molecule has 0 aliphatic rings. The van der Waals surface area contributed by atoms with Crippen LogP contribution >= 0.6 is 0 Å². The van der Waals surface area contributed by atoms with Crippen LogP contribution in [0.25, 0.3) is 0 Å². The average Bonchev–Trinajstić information content (AvgIpc) is 2.58. The van der Waals surface area contributed by atoms with Crippen LogP contribution in [0, 0.1) is 0 Å². The van der Waals surface area contributed by atoms with Gasteiger partial charge in [-0.2, -0.15) is 0 Å². The monoisotopic (exact) mass is 345 g/mol. The summed E-state index contributed by atoms with van der Waals surface area (Å²) < 4.78 is 17.8. The number of unbranched alkanes of at least 4 members (excludes halogenated alkanes) is 9. The molecule has 0 fully saturated rings. The first-order valence-electron chi connectivity index (χ1n) is 10.3. The minimum absolute atomic E-state index is 0.686. The SMILES string of the molecule is CCCCCCOC(C)(OCCCCCC)OCCCCCCN. The van der Waals surface area contributed by atoms with Crippen molar-refractivity contribution in [2.45, 2.75) is 104 Å². The van der Waals surface area contributed by atoms with Crippen LogP contribution in [-0.2, 0) is 14.2 Å². The Morgan fingerprint density at radius 2 is 0.958 bits per heavy atom. The van der Waals surface area contributed by atoms with Gasteiger partial charge in [0, 0.05) is 6.92 Å². The highest BCUT2D eigenvalue weighted by Crippen LogP contribution is 2.18. The van der Waals surface area contributed by atoms with Crippen LogP contribution in [0.15, 0.2) is 0 Å². The van der Waals surface area contributed by atoms with Gasteiger partial charge < -0.3 is 19.9 Å². The molecule has 4 heteroatoms. The van der Waals surface area contributed by atoms with Gasteiger partial charge in [0.15, 0.2) is 0 Å². The highest BCUT2D eigenvalue weighted by Gasteiger charge is 2.26. The first kappa shape index (κ1) is 23.8. The molecule has 4 nitrogen and oxygen atoms in total. The second kappa shape index (κ2) is 17.7. The van der Waals surface area contributed by atoms with Crippen LogP contribution in [-0.4, -0.2) is 32.3 Å². The van der Waals surface area contributed by atoms with E-state index < -0.39 is 5.97 Å². The van der Waals surface area contributed by atoms with E-state index in [1.807, 2.05) is 6.92 Å². The highest BCUT2D eigenvalue weighted by atomic mass is 16.9. The van der Waals surface area contributed by atoms with Crippen molar-refractivity contribution in [3.05, 3.63) is 0 Å². The van der Waals surface area contributed by atoms with Gasteiger partial charge in [0.2, 0.25) is 0 Å². The van der Waals surface area contributed by atoms with Crippen molar-refractivity contribution in [3.8, 4) is 0 Å². The Bertz CT molecular complexity index is 235. The molecule has 0 aliphatic heterocycles. The minimum atomic E-state index is -0.883. The van der Waals surface area contributed by atoms with Gasteiger partial charge in [0.25, 0.3) is 5.97 Å². The Balaban J connectivity index is 4.00. The summed E-state index contributed by atoms with van der Waals surface area (Å²) in [7, 11) is 0. The summed E-state index contributed by atoms with van der Waals surface area (Å²) in [5, 5.41) is 0. The van der Waals surface area contributed by atoms with Crippen LogP contribution in [0.5, 0.6) is 0 Å². The molecule has 0 rings (SSSR count). The molecule has 0 aromatic heterocycles. The van der Waals surface area contributed by atoms with Gasteiger partial charge in [-0.25, -0.2) is 0 Å². The molecule has 2 N–H and O–H groups in total. The second-order valence-corrected chi connectivity index (χ2v) is 6.73. The van der Waals surface area contributed by atoms with E-state index in [0.29, 0.717) is 19.8 Å². The second-order valence-electron chi connectivity index (χ2n) is 6.73. The van der Waals surface area contributed by atoms with E-state index in [0.717, 1.165) is 38.6 Å². The third-order valence-electron chi connectivity index (χ3n) is 4.19. The smallest absolute Gasteiger partial charge is 0.279 e. The molecule has 24 heavy (non-hydrogen) atoms. The minimum Gasteiger partial charge on any atom is -0.330 e. The Morgan fingerprint density at radius 1 is 0.583 bits per heavy atom. The summed E-state index contributed by atoms with van der Waals surface area (Å²) >= 11 is 0. The van der Waals surface area contributed by atoms with Gasteiger partial charge in [0.1, 0.15) is 0 Å². The van der Waals surface area contributed by atoms with Crippen LogP contribution in [0.2, 0.25) is 0 Å². The lowest BCUT2D eigenvalue weighted by molar-refractivity contribution is -0.370. The fraction of sp³-hybridized carbons (Fsp3) is 1.00. The van der Waals surface area contributed by atoms with E-state index in [2.05, 4.69) is 13.8 Å². The summed E-state index contributed by atoms with van der Waals surface area (Å²) in [6, 6.07) is 0. The maximum Gasteiger partial charge on any atom is 0.279 e. The quantitative estimate of drug-likeness (QED) is 0.252. The lowest BCUT2D eigenvalue weighted by Gasteiger charge is -2.30. The summed E-state index contributed by atoms with van der Waals surface area (Å²) in [5.74, 6) is -0.883. The zero-order valence-electron chi connectivity index (χ0n) is 16.6. The fourth-order valence-electron chi connectivity index (χ4n) is 2.56. The van der Waals surface area contributed by atoms with E-state index in [1.165, 1.54) is 44.9 Å². The fourth-order valence-corrected chi connectivity index (χ4v) is 2.56. The maximum atomic E-state index is 5.95. The molecule has 0 spiro atoms. The van der Waals surface area contributed by atoms with Crippen molar-refractivity contribution in [1.29, 1.82) is 0 Å². The van der Waals surface area contributed by atoms with E-state index in [9.17, 15) is 0 Å². The molecule has 0 amide bonds. The van der Waals surface area contributed by atoms with Crippen LogP contribution < -0.4 is 5.73 Å². The molecule has 0 saturated carbocycles. The predicted molar refractivity (Wildman–Crippen MR) is 102 cm³/mol. The maximum absolute atomic E-state index is 5.95. The van der Waals surface area contributed by atoms with Crippen molar-refractivity contribution in [2.75, 3.05) is 26.4 Å². The van der Waals surface area contributed by atoms with E-state index in [-0.39, 0.29) is 0 Å². The first-order valence-corrected chi connectivity index (χ1v) is 10.3. The predicted octanol–water partition coefficient (Wildman–Crippen LogP) is 5.39. The third-order valence-corrected chi connectivity index (χ3v) is 4.19. The van der Waals surface area contributed by atoms with Crippen LogP contribution in [0.3, 0.4) is 0 Å². The molecule has 0 saturated heterocycles. The zero-order valence-corrected chi connectivity index (χ0v) is 16.6. The van der Waals surface area contributed by atoms with Crippen molar-refractivity contribution < 1.29 is 14.2 Å². The molecule has 0 unspecified atom stereocenters. The zero-order chi connectivity index (χ0) is 17.9. The van der Waals surface area contributed by atoms with Crippen LogP contribution in [0.4, 0.5) is 0 Å². The molecule has 0 atom stereocenters. The van der Waals surface area contributed by atoms with Crippen molar-refractivity contribution in [2.24, 2.45) is 5.73 Å².